The van der Waals surface area contributed by atoms with Gasteiger partial charge in [-0.1, -0.05) is 6.07 Å². The van der Waals surface area contributed by atoms with Crippen LogP contribution in [0.3, 0.4) is 0 Å². The Hall–Kier alpha value is -2.11. The van der Waals surface area contributed by atoms with E-state index >= 15 is 0 Å². The van der Waals surface area contributed by atoms with E-state index in [-0.39, 0.29) is 23.5 Å². The molecule has 0 aliphatic heterocycles. The van der Waals surface area contributed by atoms with Crippen molar-refractivity contribution in [3.63, 3.8) is 0 Å². The Labute approximate surface area is 106 Å². The van der Waals surface area contributed by atoms with E-state index in [2.05, 4.69) is 15.6 Å². The van der Waals surface area contributed by atoms with Crippen molar-refractivity contribution < 1.29 is 9.59 Å². The standard InChI is InChI=1S/C12H18N4O2/c1-7(2)14-11(17)8(3)15-12(18)9-5-4-6-10(13)16-9/h4-8H,1-3H3,(H2,13,16)(H,14,17)(H,15,18). The first kappa shape index (κ1) is 14.0. The van der Waals surface area contributed by atoms with Crippen molar-refractivity contribution in [1.29, 1.82) is 0 Å². The second-order valence-corrected chi connectivity index (χ2v) is 4.31. The lowest BCUT2D eigenvalue weighted by molar-refractivity contribution is -0.123. The maximum absolute atomic E-state index is 11.8. The number of hydrogen-bond acceptors (Lipinski definition) is 4. The van der Waals surface area contributed by atoms with E-state index in [1.54, 1.807) is 25.1 Å². The van der Waals surface area contributed by atoms with Crippen molar-refractivity contribution in [2.75, 3.05) is 5.73 Å². The topological polar surface area (TPSA) is 97.1 Å². The molecule has 0 fully saturated rings. The third-order valence-electron chi connectivity index (χ3n) is 2.18. The van der Waals surface area contributed by atoms with Gasteiger partial charge < -0.3 is 16.4 Å². The van der Waals surface area contributed by atoms with Crippen LogP contribution in [0.5, 0.6) is 0 Å². The van der Waals surface area contributed by atoms with E-state index in [4.69, 9.17) is 5.73 Å². The number of hydrogen-bond donors (Lipinski definition) is 3. The van der Waals surface area contributed by atoms with Gasteiger partial charge in [0, 0.05) is 6.04 Å². The second-order valence-electron chi connectivity index (χ2n) is 4.31. The summed E-state index contributed by atoms with van der Waals surface area (Å²) in [6.07, 6.45) is 0. The maximum Gasteiger partial charge on any atom is 0.270 e. The van der Waals surface area contributed by atoms with Gasteiger partial charge in [-0.15, -0.1) is 0 Å². The predicted octanol–water partition coefficient (Wildman–Crippen LogP) is 0.307. The summed E-state index contributed by atoms with van der Waals surface area (Å²) in [5.74, 6) is -0.391. The van der Waals surface area contributed by atoms with E-state index in [9.17, 15) is 9.59 Å². The van der Waals surface area contributed by atoms with Crippen molar-refractivity contribution in [1.82, 2.24) is 15.6 Å². The second kappa shape index (κ2) is 6.00. The van der Waals surface area contributed by atoms with Crippen LogP contribution < -0.4 is 16.4 Å². The minimum atomic E-state index is -0.622. The van der Waals surface area contributed by atoms with E-state index in [1.165, 1.54) is 0 Å². The van der Waals surface area contributed by atoms with Crippen LogP contribution in [0, 0.1) is 0 Å². The van der Waals surface area contributed by atoms with Gasteiger partial charge in [0.15, 0.2) is 0 Å². The summed E-state index contributed by atoms with van der Waals surface area (Å²) in [4.78, 5) is 27.3. The summed E-state index contributed by atoms with van der Waals surface area (Å²) in [7, 11) is 0. The fourth-order valence-electron chi connectivity index (χ4n) is 1.32. The normalized spacial score (nSPS) is 12.0. The van der Waals surface area contributed by atoms with Gasteiger partial charge in [0.05, 0.1) is 0 Å². The molecule has 0 saturated heterocycles. The Morgan fingerprint density at radius 2 is 1.89 bits per heavy atom. The molecule has 0 aliphatic carbocycles. The highest BCUT2D eigenvalue weighted by Gasteiger charge is 2.17. The van der Waals surface area contributed by atoms with Crippen LogP contribution in [0.2, 0.25) is 0 Å². The first-order chi connectivity index (χ1) is 8.40. The molecule has 1 aromatic rings. The molecule has 0 aliphatic rings. The van der Waals surface area contributed by atoms with Gasteiger partial charge in [0.2, 0.25) is 5.91 Å². The lowest BCUT2D eigenvalue weighted by Gasteiger charge is -2.15. The summed E-state index contributed by atoms with van der Waals surface area (Å²) in [5, 5.41) is 5.27. The van der Waals surface area contributed by atoms with Crippen LogP contribution >= 0.6 is 0 Å². The number of pyridine rings is 1. The number of rotatable bonds is 4. The van der Waals surface area contributed by atoms with Gasteiger partial charge in [-0.25, -0.2) is 4.98 Å². The number of amides is 2. The van der Waals surface area contributed by atoms with Gasteiger partial charge in [-0.2, -0.15) is 0 Å². The Morgan fingerprint density at radius 1 is 1.22 bits per heavy atom. The predicted molar refractivity (Wildman–Crippen MR) is 68.9 cm³/mol. The molecule has 18 heavy (non-hydrogen) atoms. The van der Waals surface area contributed by atoms with Gasteiger partial charge in [-0.05, 0) is 32.9 Å². The Balaban J connectivity index is 2.62. The minimum Gasteiger partial charge on any atom is -0.384 e. The van der Waals surface area contributed by atoms with Crippen LogP contribution in [0.4, 0.5) is 5.82 Å². The van der Waals surface area contributed by atoms with Crippen molar-refractivity contribution in [2.45, 2.75) is 32.9 Å². The van der Waals surface area contributed by atoms with E-state index in [1.807, 2.05) is 13.8 Å². The number of anilines is 1. The minimum absolute atomic E-state index is 0.0300. The van der Waals surface area contributed by atoms with Crippen molar-refractivity contribution >= 4 is 17.6 Å². The number of carbonyl (C=O) groups is 2. The zero-order valence-electron chi connectivity index (χ0n) is 10.7. The van der Waals surface area contributed by atoms with Crippen LogP contribution in [-0.4, -0.2) is 28.9 Å². The zero-order valence-corrected chi connectivity index (χ0v) is 10.7. The van der Waals surface area contributed by atoms with Crippen LogP contribution in [0.15, 0.2) is 18.2 Å². The molecule has 98 valence electrons. The van der Waals surface area contributed by atoms with E-state index in [0.29, 0.717) is 0 Å². The van der Waals surface area contributed by atoms with Gasteiger partial charge in [0.1, 0.15) is 17.6 Å². The first-order valence-corrected chi connectivity index (χ1v) is 5.74. The summed E-state index contributed by atoms with van der Waals surface area (Å²) in [6.45, 7) is 5.32. The largest absolute Gasteiger partial charge is 0.384 e. The average Bonchev–Trinajstić information content (AvgIpc) is 2.27. The van der Waals surface area contributed by atoms with Crippen LogP contribution in [0.25, 0.3) is 0 Å². The monoisotopic (exact) mass is 250 g/mol. The molecule has 1 atom stereocenters. The van der Waals surface area contributed by atoms with Crippen molar-refractivity contribution in [2.24, 2.45) is 0 Å². The number of carbonyl (C=O) groups excluding carboxylic acids is 2. The Kier molecular flexibility index (Phi) is 4.65. The molecule has 6 heteroatoms. The molecule has 6 nitrogen and oxygen atoms in total. The van der Waals surface area contributed by atoms with Crippen LogP contribution in [0.1, 0.15) is 31.3 Å². The lowest BCUT2D eigenvalue weighted by atomic mass is 10.2. The molecular formula is C12H18N4O2. The smallest absolute Gasteiger partial charge is 0.270 e. The van der Waals surface area contributed by atoms with Gasteiger partial charge >= 0.3 is 0 Å². The average molecular weight is 250 g/mol. The fourth-order valence-corrected chi connectivity index (χ4v) is 1.32. The third kappa shape index (κ3) is 4.04. The summed E-state index contributed by atoms with van der Waals surface area (Å²) in [5.41, 5.74) is 5.68. The molecule has 0 bridgehead atoms. The highest BCUT2D eigenvalue weighted by molar-refractivity contribution is 5.96. The maximum atomic E-state index is 11.8. The highest BCUT2D eigenvalue weighted by atomic mass is 16.2. The molecular weight excluding hydrogens is 232 g/mol. The number of nitrogen functional groups attached to an aromatic ring is 1. The van der Waals surface area contributed by atoms with E-state index in [0.717, 1.165) is 0 Å². The molecule has 0 radical (unpaired) electrons. The van der Waals surface area contributed by atoms with Gasteiger partial charge in [-0.3, -0.25) is 9.59 Å². The van der Waals surface area contributed by atoms with Crippen molar-refractivity contribution in [3.8, 4) is 0 Å². The number of nitrogens with two attached hydrogens (primary N) is 1. The van der Waals surface area contributed by atoms with E-state index < -0.39 is 11.9 Å². The molecule has 1 heterocycles. The molecule has 0 spiro atoms. The SMILES string of the molecule is CC(C)NC(=O)C(C)NC(=O)c1cccc(N)n1. The lowest BCUT2D eigenvalue weighted by Crippen LogP contribution is -2.46. The fraction of sp³-hybridized carbons (Fsp3) is 0.417. The number of aromatic nitrogens is 1. The molecule has 2 amide bonds. The summed E-state index contributed by atoms with van der Waals surface area (Å²) in [6, 6.07) is 4.17. The molecule has 0 saturated carbocycles. The van der Waals surface area contributed by atoms with Gasteiger partial charge in [0.25, 0.3) is 5.91 Å². The highest BCUT2D eigenvalue weighted by Crippen LogP contribution is 2.00. The van der Waals surface area contributed by atoms with Crippen molar-refractivity contribution in [3.05, 3.63) is 23.9 Å². The van der Waals surface area contributed by atoms with Crippen LogP contribution in [-0.2, 0) is 4.79 Å². The molecule has 1 rings (SSSR count). The molecule has 4 N–H and O–H groups in total. The third-order valence-corrected chi connectivity index (χ3v) is 2.18. The number of nitrogens with zero attached hydrogens (tertiary/aromatic N) is 1. The Bertz CT molecular complexity index is 445. The zero-order chi connectivity index (χ0) is 13.7. The molecule has 0 aromatic carbocycles. The molecule has 1 aromatic heterocycles. The number of nitrogens with one attached hydrogen (secondary N) is 2. The first-order valence-electron chi connectivity index (χ1n) is 5.74. The quantitative estimate of drug-likeness (QED) is 0.716. The molecule has 1 unspecified atom stereocenters. The summed E-state index contributed by atoms with van der Waals surface area (Å²) >= 11 is 0. The summed E-state index contributed by atoms with van der Waals surface area (Å²) < 4.78 is 0. The Morgan fingerprint density at radius 3 is 2.44 bits per heavy atom.